The van der Waals surface area contributed by atoms with E-state index >= 15 is 0 Å². The summed E-state index contributed by atoms with van der Waals surface area (Å²) in [5.41, 5.74) is 6.78. The molecule has 22 heavy (non-hydrogen) atoms. The van der Waals surface area contributed by atoms with Crippen LogP contribution >= 0.6 is 0 Å². The van der Waals surface area contributed by atoms with Crippen LogP contribution in [-0.2, 0) is 22.5 Å². The maximum Gasteiger partial charge on any atom is 0.352 e. The Labute approximate surface area is 131 Å². The minimum absolute atomic E-state index is 0.286. The van der Waals surface area contributed by atoms with Gasteiger partial charge in [-0.25, -0.2) is 4.79 Å². The first kappa shape index (κ1) is 14.8. The summed E-state index contributed by atoms with van der Waals surface area (Å²) in [5, 5.41) is 0. The second kappa shape index (κ2) is 5.91. The van der Waals surface area contributed by atoms with Crippen molar-refractivity contribution in [2.24, 2.45) is 4.99 Å². The maximum atomic E-state index is 11.8. The summed E-state index contributed by atoms with van der Waals surface area (Å²) in [7, 11) is 0. The fourth-order valence-corrected chi connectivity index (χ4v) is 2.95. The molecule has 0 bridgehead atoms. The minimum atomic E-state index is -0.286. The van der Waals surface area contributed by atoms with Crippen LogP contribution in [0.2, 0.25) is 0 Å². The Hall–Kier alpha value is -2.16. The van der Waals surface area contributed by atoms with Gasteiger partial charge in [-0.3, -0.25) is 4.99 Å². The van der Waals surface area contributed by atoms with Crippen LogP contribution in [0, 0.1) is 0 Å². The number of carbonyl (C=O) groups excluding carboxylic acids is 1. The Kier molecular flexibility index (Phi) is 3.97. The number of esters is 1. The van der Waals surface area contributed by atoms with Gasteiger partial charge in [-0.05, 0) is 40.7 Å². The highest BCUT2D eigenvalue weighted by atomic mass is 16.5. The van der Waals surface area contributed by atoms with Gasteiger partial charge in [0.05, 0.1) is 13.2 Å². The third kappa shape index (κ3) is 2.63. The van der Waals surface area contributed by atoms with Crippen LogP contribution in [0.4, 0.5) is 0 Å². The highest BCUT2D eigenvalue weighted by Crippen LogP contribution is 2.35. The zero-order valence-electron chi connectivity index (χ0n) is 13.3. The second-order valence-corrected chi connectivity index (χ2v) is 6.00. The van der Waals surface area contributed by atoms with Crippen LogP contribution in [0.3, 0.4) is 0 Å². The Morgan fingerprint density at radius 2 is 2.05 bits per heavy atom. The van der Waals surface area contributed by atoms with Gasteiger partial charge in [0.25, 0.3) is 0 Å². The van der Waals surface area contributed by atoms with Crippen molar-refractivity contribution >= 4 is 11.7 Å². The fourth-order valence-electron chi connectivity index (χ4n) is 2.95. The molecule has 3 rings (SSSR count). The molecular formula is C19H21NO2. The second-order valence-electron chi connectivity index (χ2n) is 6.00. The Balaban J connectivity index is 1.96. The number of nitrogens with zero attached hydrogens (tertiary/aromatic N) is 1. The number of rotatable bonds is 3. The van der Waals surface area contributed by atoms with Crippen molar-refractivity contribution in [3.05, 3.63) is 47.0 Å². The van der Waals surface area contributed by atoms with Crippen molar-refractivity contribution in [2.75, 3.05) is 6.61 Å². The molecule has 0 atom stereocenters. The van der Waals surface area contributed by atoms with Crippen LogP contribution in [0.15, 0.2) is 35.3 Å². The predicted molar refractivity (Wildman–Crippen MR) is 88.6 cm³/mol. The molecule has 3 aliphatic rings. The lowest BCUT2D eigenvalue weighted by Crippen LogP contribution is -2.22. The van der Waals surface area contributed by atoms with E-state index in [0.29, 0.717) is 31.2 Å². The topological polar surface area (TPSA) is 38.7 Å². The summed E-state index contributed by atoms with van der Waals surface area (Å²) in [6.07, 6.45) is 0.573. The van der Waals surface area contributed by atoms with E-state index in [0.717, 1.165) is 0 Å². The van der Waals surface area contributed by atoms with Gasteiger partial charge in [-0.2, -0.15) is 0 Å². The molecule has 0 aromatic heterocycles. The van der Waals surface area contributed by atoms with Crippen LogP contribution in [-0.4, -0.2) is 18.3 Å². The summed E-state index contributed by atoms with van der Waals surface area (Å²) in [6.45, 7) is 7.17. The highest BCUT2D eigenvalue weighted by molar-refractivity contribution is 6.37. The molecule has 0 spiro atoms. The van der Waals surface area contributed by atoms with E-state index in [1.165, 1.54) is 27.8 Å². The number of ether oxygens (including phenoxy) is 1. The molecule has 1 aliphatic heterocycles. The summed E-state index contributed by atoms with van der Waals surface area (Å²) >= 11 is 0. The first-order valence-corrected chi connectivity index (χ1v) is 7.85. The molecule has 114 valence electrons. The summed E-state index contributed by atoms with van der Waals surface area (Å²) < 4.78 is 5.06. The van der Waals surface area contributed by atoms with Crippen molar-refractivity contribution in [3.63, 3.8) is 0 Å². The Morgan fingerprint density at radius 3 is 2.77 bits per heavy atom. The monoisotopic (exact) mass is 295 g/mol. The normalized spacial score (nSPS) is 13.9. The number of hydrogen-bond donors (Lipinski definition) is 0. The summed E-state index contributed by atoms with van der Waals surface area (Å²) in [5.74, 6) is 0.229. The molecule has 0 saturated carbocycles. The lowest BCUT2D eigenvalue weighted by molar-refractivity contribution is -0.135. The standard InChI is InChI=1S/C19H21NO2/c1-4-22-19(21)18-10-15-9-14-6-5-13(12(2)3)7-8-16(14)17(15)11-20-18/h5-9,12H,4,10-11H2,1-3H3. The molecule has 0 aromatic rings. The first-order chi connectivity index (χ1) is 10.6. The third-order valence-electron chi connectivity index (χ3n) is 4.21. The van der Waals surface area contributed by atoms with Gasteiger partial charge in [0, 0.05) is 6.42 Å². The molecule has 3 nitrogen and oxygen atoms in total. The van der Waals surface area contributed by atoms with E-state index in [1.54, 1.807) is 0 Å². The molecule has 3 heteroatoms. The predicted octanol–water partition coefficient (Wildman–Crippen LogP) is 3.98. The smallest absolute Gasteiger partial charge is 0.352 e. The fraction of sp³-hybridized carbons (Fsp3) is 0.368. The molecule has 0 radical (unpaired) electrons. The van der Waals surface area contributed by atoms with Crippen LogP contribution in [0.25, 0.3) is 11.1 Å². The number of fused-ring (bicyclic) bond motifs is 3. The van der Waals surface area contributed by atoms with Crippen LogP contribution in [0.1, 0.15) is 43.4 Å². The average Bonchev–Trinajstić information content (AvgIpc) is 2.70. The average molecular weight is 295 g/mol. The van der Waals surface area contributed by atoms with Gasteiger partial charge in [-0.1, -0.05) is 44.2 Å². The van der Waals surface area contributed by atoms with Gasteiger partial charge in [-0.15, -0.1) is 0 Å². The van der Waals surface area contributed by atoms with Crippen molar-refractivity contribution in [3.8, 4) is 11.1 Å². The minimum Gasteiger partial charge on any atom is -0.462 e. The summed E-state index contributed by atoms with van der Waals surface area (Å²) in [4.78, 5) is 16.3. The van der Waals surface area contributed by atoms with Gasteiger partial charge in [0.1, 0.15) is 5.71 Å². The van der Waals surface area contributed by atoms with E-state index in [-0.39, 0.29) is 5.97 Å². The van der Waals surface area contributed by atoms with Crippen molar-refractivity contribution in [1.82, 2.24) is 0 Å². The molecule has 0 aromatic carbocycles. The SMILES string of the molecule is CCOC(=O)C1=NCc2c(cc3ccc(C(C)C)ccc2-3)C1. The Bertz CT molecular complexity index is 716. The van der Waals surface area contributed by atoms with Gasteiger partial charge in [0.2, 0.25) is 0 Å². The molecule has 0 amide bonds. The quantitative estimate of drug-likeness (QED) is 0.803. The van der Waals surface area contributed by atoms with Crippen LogP contribution in [0.5, 0.6) is 0 Å². The zero-order chi connectivity index (χ0) is 15.7. The lowest BCUT2D eigenvalue weighted by atomic mass is 10.0. The number of hydrogen-bond acceptors (Lipinski definition) is 3. The van der Waals surface area contributed by atoms with Crippen molar-refractivity contribution in [1.29, 1.82) is 0 Å². The number of aliphatic imine (C=N–C) groups is 1. The van der Waals surface area contributed by atoms with Crippen LogP contribution < -0.4 is 0 Å². The summed E-state index contributed by atoms with van der Waals surface area (Å²) in [6, 6.07) is 10.9. The maximum absolute atomic E-state index is 11.8. The van der Waals surface area contributed by atoms with E-state index in [1.807, 2.05) is 6.92 Å². The zero-order valence-corrected chi connectivity index (χ0v) is 13.3. The van der Waals surface area contributed by atoms with E-state index < -0.39 is 0 Å². The molecular weight excluding hydrogens is 274 g/mol. The molecule has 2 aliphatic carbocycles. The van der Waals surface area contributed by atoms with Crippen molar-refractivity contribution < 1.29 is 9.53 Å². The number of carbonyl (C=O) groups is 1. The molecule has 1 heterocycles. The first-order valence-electron chi connectivity index (χ1n) is 7.85. The lowest BCUT2D eigenvalue weighted by Gasteiger charge is -2.12. The van der Waals surface area contributed by atoms with E-state index in [2.05, 4.69) is 49.2 Å². The Morgan fingerprint density at radius 1 is 1.27 bits per heavy atom. The van der Waals surface area contributed by atoms with E-state index in [4.69, 9.17) is 4.74 Å². The molecule has 0 saturated heterocycles. The van der Waals surface area contributed by atoms with Gasteiger partial charge >= 0.3 is 5.97 Å². The van der Waals surface area contributed by atoms with Crippen molar-refractivity contribution in [2.45, 2.75) is 39.7 Å². The largest absolute Gasteiger partial charge is 0.462 e. The molecule has 0 N–H and O–H groups in total. The van der Waals surface area contributed by atoms with Gasteiger partial charge in [0.15, 0.2) is 0 Å². The molecule has 0 fully saturated rings. The third-order valence-corrected chi connectivity index (χ3v) is 4.21. The molecule has 0 unspecified atom stereocenters. The van der Waals surface area contributed by atoms with Gasteiger partial charge < -0.3 is 4.74 Å². The van der Waals surface area contributed by atoms with E-state index in [9.17, 15) is 4.79 Å². The highest BCUT2D eigenvalue weighted by Gasteiger charge is 2.23.